The summed E-state index contributed by atoms with van der Waals surface area (Å²) >= 11 is 0. The SMILES string of the molecule is Cc1cccc(C)c1N(CCCCn1ccnc1)C(=O)CCCc1cccnc1. The molecule has 3 rings (SSSR count). The summed E-state index contributed by atoms with van der Waals surface area (Å²) in [6, 6.07) is 10.2. The molecule has 0 N–H and O–H groups in total. The molecule has 152 valence electrons. The Kier molecular flexibility index (Phi) is 7.56. The van der Waals surface area contributed by atoms with Gasteiger partial charge in [0.05, 0.1) is 6.33 Å². The van der Waals surface area contributed by atoms with Crippen LogP contribution in [-0.2, 0) is 17.8 Å². The molecule has 3 aromatic rings. The van der Waals surface area contributed by atoms with Gasteiger partial charge in [-0.1, -0.05) is 24.3 Å². The van der Waals surface area contributed by atoms with Crippen molar-refractivity contribution in [2.75, 3.05) is 11.4 Å². The van der Waals surface area contributed by atoms with Crippen LogP contribution in [0.4, 0.5) is 5.69 Å². The van der Waals surface area contributed by atoms with Gasteiger partial charge in [-0.3, -0.25) is 9.78 Å². The van der Waals surface area contributed by atoms with Crippen molar-refractivity contribution in [3.8, 4) is 0 Å². The molecule has 0 radical (unpaired) electrons. The molecule has 0 bridgehead atoms. The molecule has 0 spiro atoms. The number of anilines is 1. The van der Waals surface area contributed by atoms with E-state index in [2.05, 4.69) is 52.6 Å². The molecule has 0 saturated heterocycles. The minimum Gasteiger partial charge on any atom is -0.337 e. The number of nitrogens with zero attached hydrogens (tertiary/aromatic N) is 4. The van der Waals surface area contributed by atoms with Crippen molar-refractivity contribution in [2.24, 2.45) is 0 Å². The lowest BCUT2D eigenvalue weighted by Gasteiger charge is -2.26. The predicted molar refractivity (Wildman–Crippen MR) is 117 cm³/mol. The molecule has 0 saturated carbocycles. The lowest BCUT2D eigenvalue weighted by Crippen LogP contribution is -2.33. The number of imidazole rings is 1. The Bertz CT molecular complexity index is 870. The fourth-order valence-corrected chi connectivity index (χ4v) is 3.70. The number of amides is 1. The highest BCUT2D eigenvalue weighted by Crippen LogP contribution is 2.26. The Morgan fingerprint density at radius 2 is 1.83 bits per heavy atom. The molecular weight excluding hydrogens is 360 g/mol. The maximum atomic E-state index is 13.2. The van der Waals surface area contributed by atoms with Crippen LogP contribution in [0, 0.1) is 13.8 Å². The van der Waals surface area contributed by atoms with E-state index in [1.54, 1.807) is 12.4 Å². The lowest BCUT2D eigenvalue weighted by molar-refractivity contribution is -0.118. The van der Waals surface area contributed by atoms with Crippen molar-refractivity contribution in [3.05, 3.63) is 78.1 Å². The van der Waals surface area contributed by atoms with E-state index in [1.807, 2.05) is 29.7 Å². The average molecular weight is 391 g/mol. The summed E-state index contributed by atoms with van der Waals surface area (Å²) < 4.78 is 2.08. The van der Waals surface area contributed by atoms with Gasteiger partial charge in [0.1, 0.15) is 0 Å². The molecule has 5 heteroatoms. The van der Waals surface area contributed by atoms with Crippen LogP contribution in [0.15, 0.2) is 61.4 Å². The van der Waals surface area contributed by atoms with E-state index in [4.69, 9.17) is 0 Å². The topological polar surface area (TPSA) is 51.0 Å². The molecule has 0 fully saturated rings. The summed E-state index contributed by atoms with van der Waals surface area (Å²) in [5.41, 5.74) is 4.56. The highest BCUT2D eigenvalue weighted by atomic mass is 16.2. The highest BCUT2D eigenvalue weighted by Gasteiger charge is 2.18. The van der Waals surface area contributed by atoms with Gasteiger partial charge in [-0.05, 0) is 62.3 Å². The average Bonchev–Trinajstić information content (AvgIpc) is 3.23. The van der Waals surface area contributed by atoms with E-state index < -0.39 is 0 Å². The highest BCUT2D eigenvalue weighted by molar-refractivity contribution is 5.94. The number of unbranched alkanes of at least 4 members (excludes halogenated alkanes) is 1. The summed E-state index contributed by atoms with van der Waals surface area (Å²) in [6.07, 6.45) is 13.5. The molecule has 2 heterocycles. The normalized spacial score (nSPS) is 10.8. The largest absolute Gasteiger partial charge is 0.337 e. The third-order valence-electron chi connectivity index (χ3n) is 5.20. The second-order valence-corrected chi connectivity index (χ2v) is 7.51. The van der Waals surface area contributed by atoms with Crippen LogP contribution < -0.4 is 4.90 Å². The van der Waals surface area contributed by atoms with Crippen LogP contribution >= 0.6 is 0 Å². The number of aromatic nitrogens is 3. The van der Waals surface area contributed by atoms with Gasteiger partial charge in [-0.2, -0.15) is 0 Å². The van der Waals surface area contributed by atoms with Crippen molar-refractivity contribution in [1.29, 1.82) is 0 Å². The van der Waals surface area contributed by atoms with E-state index >= 15 is 0 Å². The van der Waals surface area contributed by atoms with Crippen LogP contribution in [-0.4, -0.2) is 27.0 Å². The standard InChI is InChI=1S/C24H30N4O/c1-20-8-5-9-21(2)24(20)28(16-4-3-15-27-17-14-26-19-27)23(29)12-6-10-22-11-7-13-25-18-22/h5,7-9,11,13-14,17-19H,3-4,6,10,12,15-16H2,1-2H3. The Morgan fingerprint density at radius 1 is 1.00 bits per heavy atom. The van der Waals surface area contributed by atoms with Gasteiger partial charge in [-0.25, -0.2) is 4.98 Å². The van der Waals surface area contributed by atoms with Crippen LogP contribution in [0.3, 0.4) is 0 Å². The number of carbonyl (C=O) groups is 1. The number of hydrogen-bond acceptors (Lipinski definition) is 3. The predicted octanol–water partition coefficient (Wildman–Crippen LogP) is 4.73. The summed E-state index contributed by atoms with van der Waals surface area (Å²) in [5.74, 6) is 0.203. The van der Waals surface area contributed by atoms with E-state index in [0.29, 0.717) is 6.42 Å². The van der Waals surface area contributed by atoms with Crippen molar-refractivity contribution >= 4 is 11.6 Å². The Hall–Kier alpha value is -2.95. The maximum absolute atomic E-state index is 13.2. The molecule has 2 aromatic heterocycles. The molecule has 1 aromatic carbocycles. The lowest BCUT2D eigenvalue weighted by atomic mass is 10.1. The number of aryl methyl sites for hydroxylation is 4. The maximum Gasteiger partial charge on any atom is 0.227 e. The molecular formula is C24H30N4O. The summed E-state index contributed by atoms with van der Waals surface area (Å²) in [4.78, 5) is 23.4. The Labute approximate surface area is 173 Å². The summed E-state index contributed by atoms with van der Waals surface area (Å²) in [6.45, 7) is 5.84. The summed E-state index contributed by atoms with van der Waals surface area (Å²) in [5, 5.41) is 0. The van der Waals surface area contributed by atoms with Gasteiger partial charge in [-0.15, -0.1) is 0 Å². The quantitative estimate of drug-likeness (QED) is 0.470. The second kappa shape index (κ2) is 10.6. The molecule has 0 unspecified atom stereocenters. The Morgan fingerprint density at radius 3 is 2.52 bits per heavy atom. The van der Waals surface area contributed by atoms with Gasteiger partial charge < -0.3 is 9.47 Å². The third kappa shape index (κ3) is 6.01. The Balaban J connectivity index is 1.62. The zero-order chi connectivity index (χ0) is 20.5. The molecule has 1 amide bonds. The number of benzene rings is 1. The third-order valence-corrected chi connectivity index (χ3v) is 5.20. The second-order valence-electron chi connectivity index (χ2n) is 7.51. The van der Waals surface area contributed by atoms with Gasteiger partial charge in [0.2, 0.25) is 5.91 Å². The smallest absolute Gasteiger partial charge is 0.227 e. The van der Waals surface area contributed by atoms with Gasteiger partial charge in [0, 0.05) is 50.0 Å². The van der Waals surface area contributed by atoms with Crippen LogP contribution in [0.2, 0.25) is 0 Å². The fraction of sp³-hybridized carbons (Fsp3) is 0.375. The van der Waals surface area contributed by atoms with Crippen LogP contribution in [0.25, 0.3) is 0 Å². The first kappa shape index (κ1) is 20.8. The summed E-state index contributed by atoms with van der Waals surface area (Å²) in [7, 11) is 0. The first-order valence-corrected chi connectivity index (χ1v) is 10.4. The molecule has 0 aliphatic rings. The van der Waals surface area contributed by atoms with E-state index in [0.717, 1.165) is 55.6 Å². The first-order valence-electron chi connectivity index (χ1n) is 10.4. The molecule has 0 aliphatic carbocycles. The van der Waals surface area contributed by atoms with E-state index in [9.17, 15) is 4.79 Å². The van der Waals surface area contributed by atoms with Gasteiger partial charge in [0.25, 0.3) is 0 Å². The van der Waals surface area contributed by atoms with Crippen molar-refractivity contribution in [2.45, 2.75) is 52.5 Å². The minimum absolute atomic E-state index is 0.203. The van der Waals surface area contributed by atoms with Crippen molar-refractivity contribution in [1.82, 2.24) is 14.5 Å². The van der Waals surface area contributed by atoms with Crippen LogP contribution in [0.5, 0.6) is 0 Å². The number of para-hydroxylation sites is 1. The number of rotatable bonds is 10. The first-order chi connectivity index (χ1) is 14.1. The monoisotopic (exact) mass is 390 g/mol. The van der Waals surface area contributed by atoms with E-state index in [1.165, 1.54) is 5.56 Å². The zero-order valence-corrected chi connectivity index (χ0v) is 17.4. The number of carbonyl (C=O) groups excluding carboxylic acids is 1. The minimum atomic E-state index is 0.203. The van der Waals surface area contributed by atoms with Crippen LogP contribution in [0.1, 0.15) is 42.4 Å². The number of pyridine rings is 1. The van der Waals surface area contributed by atoms with Crippen molar-refractivity contribution in [3.63, 3.8) is 0 Å². The van der Waals surface area contributed by atoms with Gasteiger partial charge >= 0.3 is 0 Å². The molecule has 29 heavy (non-hydrogen) atoms. The zero-order valence-electron chi connectivity index (χ0n) is 17.4. The molecule has 5 nitrogen and oxygen atoms in total. The number of hydrogen-bond donors (Lipinski definition) is 0. The van der Waals surface area contributed by atoms with E-state index in [-0.39, 0.29) is 5.91 Å². The molecule has 0 aliphatic heterocycles. The molecule has 0 atom stereocenters. The fourth-order valence-electron chi connectivity index (χ4n) is 3.70. The van der Waals surface area contributed by atoms with Gasteiger partial charge in [0.15, 0.2) is 0 Å². The van der Waals surface area contributed by atoms with Crippen molar-refractivity contribution < 1.29 is 4.79 Å².